The SMILES string of the molecule is Cc1ccc(C(=O)NCc2ccc(C(=O)N(C)C)cc2)c(O)c1C. The first-order valence-corrected chi connectivity index (χ1v) is 7.69. The van der Waals surface area contributed by atoms with Crippen LogP contribution in [0.4, 0.5) is 0 Å². The third-order valence-corrected chi connectivity index (χ3v) is 4.01. The van der Waals surface area contributed by atoms with Crippen LogP contribution in [0.15, 0.2) is 36.4 Å². The standard InChI is InChI=1S/C19H22N2O3/c1-12-5-10-16(17(22)13(12)2)18(23)20-11-14-6-8-15(9-7-14)19(24)21(3)4/h5-10,22H,11H2,1-4H3,(H,20,23). The predicted molar refractivity (Wildman–Crippen MR) is 93.2 cm³/mol. The highest BCUT2D eigenvalue weighted by Crippen LogP contribution is 2.24. The lowest BCUT2D eigenvalue weighted by Crippen LogP contribution is -2.23. The molecule has 0 aliphatic carbocycles. The van der Waals surface area contributed by atoms with Gasteiger partial charge < -0.3 is 15.3 Å². The molecule has 0 aliphatic rings. The van der Waals surface area contributed by atoms with Crippen molar-refractivity contribution in [3.63, 3.8) is 0 Å². The minimum absolute atomic E-state index is 0.0134. The molecule has 126 valence electrons. The molecule has 0 saturated heterocycles. The minimum atomic E-state index is -0.330. The van der Waals surface area contributed by atoms with E-state index in [-0.39, 0.29) is 23.1 Å². The Morgan fingerprint density at radius 1 is 1.04 bits per heavy atom. The molecule has 2 aromatic carbocycles. The van der Waals surface area contributed by atoms with E-state index in [9.17, 15) is 14.7 Å². The molecule has 0 atom stereocenters. The van der Waals surface area contributed by atoms with Crippen LogP contribution in [0.5, 0.6) is 5.75 Å². The van der Waals surface area contributed by atoms with E-state index < -0.39 is 0 Å². The second-order valence-corrected chi connectivity index (χ2v) is 5.98. The van der Waals surface area contributed by atoms with Gasteiger partial charge in [0.2, 0.25) is 0 Å². The lowest BCUT2D eigenvalue weighted by atomic mass is 10.0. The van der Waals surface area contributed by atoms with Crippen LogP contribution in [0.1, 0.15) is 37.4 Å². The van der Waals surface area contributed by atoms with Gasteiger partial charge in [0.25, 0.3) is 11.8 Å². The van der Waals surface area contributed by atoms with Crippen molar-refractivity contribution < 1.29 is 14.7 Å². The lowest BCUT2D eigenvalue weighted by molar-refractivity contribution is 0.0827. The molecule has 0 aliphatic heterocycles. The van der Waals surface area contributed by atoms with E-state index in [0.717, 1.165) is 11.1 Å². The Morgan fingerprint density at radius 3 is 2.25 bits per heavy atom. The molecular formula is C19H22N2O3. The van der Waals surface area contributed by atoms with Crippen molar-refractivity contribution in [3.05, 3.63) is 64.2 Å². The molecule has 0 fully saturated rings. The van der Waals surface area contributed by atoms with Crippen LogP contribution in [0.25, 0.3) is 0 Å². The molecule has 0 radical (unpaired) electrons. The van der Waals surface area contributed by atoms with E-state index in [1.165, 1.54) is 4.90 Å². The summed E-state index contributed by atoms with van der Waals surface area (Å²) in [6.45, 7) is 3.98. The topological polar surface area (TPSA) is 69.6 Å². The number of phenols is 1. The Hall–Kier alpha value is -2.82. The number of amides is 2. The summed E-state index contributed by atoms with van der Waals surface area (Å²) < 4.78 is 0. The van der Waals surface area contributed by atoms with Crippen LogP contribution in [0, 0.1) is 13.8 Å². The van der Waals surface area contributed by atoms with E-state index in [0.29, 0.717) is 17.7 Å². The van der Waals surface area contributed by atoms with Gasteiger partial charge in [0.1, 0.15) is 5.75 Å². The lowest BCUT2D eigenvalue weighted by Gasteiger charge is -2.12. The van der Waals surface area contributed by atoms with Gasteiger partial charge in [0, 0.05) is 26.2 Å². The van der Waals surface area contributed by atoms with Crippen LogP contribution in [0.2, 0.25) is 0 Å². The van der Waals surface area contributed by atoms with E-state index in [4.69, 9.17) is 0 Å². The first-order chi connectivity index (χ1) is 11.3. The Kier molecular flexibility index (Phi) is 5.24. The normalized spacial score (nSPS) is 10.3. The summed E-state index contributed by atoms with van der Waals surface area (Å²) in [7, 11) is 3.40. The van der Waals surface area contributed by atoms with Crippen LogP contribution in [-0.2, 0) is 6.54 Å². The van der Waals surface area contributed by atoms with Gasteiger partial charge in [-0.1, -0.05) is 18.2 Å². The highest BCUT2D eigenvalue weighted by atomic mass is 16.3. The van der Waals surface area contributed by atoms with Crippen LogP contribution < -0.4 is 5.32 Å². The van der Waals surface area contributed by atoms with Crippen molar-refractivity contribution in [1.82, 2.24) is 10.2 Å². The Balaban J connectivity index is 2.04. The molecule has 2 aromatic rings. The van der Waals surface area contributed by atoms with Gasteiger partial charge in [-0.15, -0.1) is 0 Å². The molecule has 2 N–H and O–H groups in total. The first kappa shape index (κ1) is 17.5. The maximum atomic E-state index is 12.2. The van der Waals surface area contributed by atoms with E-state index in [1.54, 1.807) is 51.4 Å². The average molecular weight is 326 g/mol. The predicted octanol–water partition coefficient (Wildman–Crippen LogP) is 2.64. The van der Waals surface area contributed by atoms with Gasteiger partial charge in [-0.2, -0.15) is 0 Å². The number of hydrogen-bond donors (Lipinski definition) is 2. The average Bonchev–Trinajstić information content (AvgIpc) is 2.57. The van der Waals surface area contributed by atoms with Crippen LogP contribution in [0.3, 0.4) is 0 Å². The molecule has 0 heterocycles. The highest BCUT2D eigenvalue weighted by molar-refractivity contribution is 5.97. The van der Waals surface area contributed by atoms with Crippen molar-refractivity contribution >= 4 is 11.8 Å². The smallest absolute Gasteiger partial charge is 0.255 e. The van der Waals surface area contributed by atoms with E-state index >= 15 is 0 Å². The Labute approximate surface area is 141 Å². The minimum Gasteiger partial charge on any atom is -0.507 e. The van der Waals surface area contributed by atoms with Crippen LogP contribution in [-0.4, -0.2) is 35.9 Å². The van der Waals surface area contributed by atoms with Gasteiger partial charge in [-0.3, -0.25) is 9.59 Å². The zero-order valence-electron chi connectivity index (χ0n) is 14.4. The fraction of sp³-hybridized carbons (Fsp3) is 0.263. The summed E-state index contributed by atoms with van der Waals surface area (Å²) in [6.07, 6.45) is 0. The van der Waals surface area contributed by atoms with Crippen molar-refractivity contribution in [2.45, 2.75) is 20.4 Å². The third kappa shape index (κ3) is 3.74. The second-order valence-electron chi connectivity index (χ2n) is 5.98. The first-order valence-electron chi connectivity index (χ1n) is 7.69. The van der Waals surface area contributed by atoms with E-state index in [2.05, 4.69) is 5.32 Å². The summed E-state index contributed by atoms with van der Waals surface area (Å²) in [5.41, 5.74) is 3.38. The van der Waals surface area contributed by atoms with Gasteiger partial charge in [-0.05, 0) is 48.7 Å². The number of phenolic OH excluding ortho intramolecular Hbond substituents is 1. The van der Waals surface area contributed by atoms with Gasteiger partial charge in [0.05, 0.1) is 5.56 Å². The molecule has 5 heteroatoms. The fourth-order valence-electron chi connectivity index (χ4n) is 2.29. The Morgan fingerprint density at radius 2 is 1.67 bits per heavy atom. The fourth-order valence-corrected chi connectivity index (χ4v) is 2.29. The molecule has 2 amide bonds. The molecule has 0 aromatic heterocycles. The van der Waals surface area contributed by atoms with Crippen molar-refractivity contribution in [2.75, 3.05) is 14.1 Å². The van der Waals surface area contributed by atoms with Gasteiger partial charge in [-0.25, -0.2) is 0 Å². The van der Waals surface area contributed by atoms with Gasteiger partial charge in [0.15, 0.2) is 0 Å². The van der Waals surface area contributed by atoms with Crippen molar-refractivity contribution in [2.24, 2.45) is 0 Å². The molecule has 0 spiro atoms. The zero-order valence-corrected chi connectivity index (χ0v) is 14.4. The van der Waals surface area contributed by atoms with Gasteiger partial charge >= 0.3 is 0 Å². The number of rotatable bonds is 4. The number of carbonyl (C=O) groups excluding carboxylic acids is 2. The largest absolute Gasteiger partial charge is 0.507 e. The van der Waals surface area contributed by atoms with Crippen molar-refractivity contribution in [1.29, 1.82) is 0 Å². The number of nitrogens with one attached hydrogen (secondary N) is 1. The molecular weight excluding hydrogens is 304 g/mol. The molecule has 0 saturated carbocycles. The summed E-state index contributed by atoms with van der Waals surface area (Å²) in [5.74, 6) is -0.380. The maximum absolute atomic E-state index is 12.2. The third-order valence-electron chi connectivity index (χ3n) is 4.01. The number of aromatic hydroxyl groups is 1. The molecule has 5 nitrogen and oxygen atoms in total. The summed E-state index contributed by atoms with van der Waals surface area (Å²) >= 11 is 0. The highest BCUT2D eigenvalue weighted by Gasteiger charge is 2.14. The zero-order chi connectivity index (χ0) is 17.9. The molecule has 2 rings (SSSR count). The summed E-state index contributed by atoms with van der Waals surface area (Å²) in [4.78, 5) is 25.6. The molecule has 0 bridgehead atoms. The van der Waals surface area contributed by atoms with Crippen molar-refractivity contribution in [3.8, 4) is 5.75 Å². The molecule has 24 heavy (non-hydrogen) atoms. The van der Waals surface area contributed by atoms with E-state index in [1.807, 2.05) is 13.0 Å². The number of benzene rings is 2. The second kappa shape index (κ2) is 7.17. The molecule has 0 unspecified atom stereocenters. The summed E-state index contributed by atoms with van der Waals surface area (Å²) in [6, 6.07) is 10.5. The Bertz CT molecular complexity index is 765. The number of hydrogen-bond acceptors (Lipinski definition) is 3. The number of aryl methyl sites for hydroxylation is 1. The maximum Gasteiger partial charge on any atom is 0.255 e. The van der Waals surface area contributed by atoms with Crippen LogP contribution >= 0.6 is 0 Å². The number of carbonyl (C=O) groups is 2. The number of nitrogens with zero attached hydrogens (tertiary/aromatic N) is 1. The summed E-state index contributed by atoms with van der Waals surface area (Å²) in [5, 5.41) is 12.9. The monoisotopic (exact) mass is 326 g/mol. The quantitative estimate of drug-likeness (QED) is 0.907.